The molecule has 0 saturated carbocycles. The summed E-state index contributed by atoms with van der Waals surface area (Å²) in [6.45, 7) is 3.16. The second-order valence-corrected chi connectivity index (χ2v) is 6.41. The van der Waals surface area contributed by atoms with Crippen LogP contribution in [0.3, 0.4) is 0 Å². The van der Waals surface area contributed by atoms with Gasteiger partial charge in [-0.15, -0.1) is 6.58 Å². The van der Waals surface area contributed by atoms with Gasteiger partial charge in [-0.1, -0.05) is 44.6 Å². The second kappa shape index (κ2) is 16.9. The Morgan fingerprint density at radius 3 is 2.12 bits per heavy atom. The first-order valence-electron chi connectivity index (χ1n) is 9.33. The van der Waals surface area contributed by atoms with E-state index in [1.54, 1.807) is 0 Å². The zero-order valence-corrected chi connectivity index (χ0v) is 15.0. The van der Waals surface area contributed by atoms with Gasteiger partial charge in [0, 0.05) is 6.42 Å². The maximum atomic E-state index is 11.4. The standard InChI is InChI=1S/C19H36O5/c1-2-3-4-9-12-17(21)13-10-7-5-6-8-11-14-19(23)24-16-18(22)15-20/h2,17-18,20-22H,1,3-16H2. The van der Waals surface area contributed by atoms with Gasteiger partial charge in [0.15, 0.2) is 0 Å². The van der Waals surface area contributed by atoms with Crippen molar-refractivity contribution in [2.24, 2.45) is 0 Å². The van der Waals surface area contributed by atoms with Crippen molar-refractivity contribution < 1.29 is 24.9 Å². The summed E-state index contributed by atoms with van der Waals surface area (Å²) in [6, 6.07) is 0. The van der Waals surface area contributed by atoms with Gasteiger partial charge >= 0.3 is 5.97 Å². The van der Waals surface area contributed by atoms with E-state index >= 15 is 0 Å². The number of aliphatic hydroxyl groups is 3. The highest BCUT2D eigenvalue weighted by Crippen LogP contribution is 2.13. The maximum absolute atomic E-state index is 11.4. The van der Waals surface area contributed by atoms with E-state index in [1.807, 2.05) is 6.08 Å². The number of ether oxygens (including phenoxy) is 1. The average molecular weight is 344 g/mol. The number of rotatable bonds is 17. The summed E-state index contributed by atoms with van der Waals surface area (Å²) in [5.74, 6) is -0.318. The average Bonchev–Trinajstić information content (AvgIpc) is 2.58. The Kier molecular flexibility index (Phi) is 16.3. The van der Waals surface area contributed by atoms with Crippen molar-refractivity contribution in [2.75, 3.05) is 13.2 Å². The quantitative estimate of drug-likeness (QED) is 0.214. The van der Waals surface area contributed by atoms with Gasteiger partial charge in [0.1, 0.15) is 12.7 Å². The second-order valence-electron chi connectivity index (χ2n) is 6.41. The fourth-order valence-electron chi connectivity index (χ4n) is 2.48. The molecule has 2 unspecified atom stereocenters. The van der Waals surface area contributed by atoms with Gasteiger partial charge in [-0.05, 0) is 32.1 Å². The van der Waals surface area contributed by atoms with Crippen LogP contribution in [-0.2, 0) is 9.53 Å². The highest BCUT2D eigenvalue weighted by atomic mass is 16.5. The lowest BCUT2D eigenvalue weighted by atomic mass is 10.0. The van der Waals surface area contributed by atoms with E-state index in [2.05, 4.69) is 6.58 Å². The smallest absolute Gasteiger partial charge is 0.305 e. The van der Waals surface area contributed by atoms with Crippen LogP contribution in [0, 0.1) is 0 Å². The number of carbonyl (C=O) groups is 1. The summed E-state index contributed by atoms with van der Waals surface area (Å²) in [7, 11) is 0. The van der Waals surface area contributed by atoms with Gasteiger partial charge in [-0.25, -0.2) is 0 Å². The summed E-state index contributed by atoms with van der Waals surface area (Å²) in [4.78, 5) is 11.4. The minimum Gasteiger partial charge on any atom is -0.463 e. The van der Waals surface area contributed by atoms with Crippen molar-refractivity contribution in [3.63, 3.8) is 0 Å². The fraction of sp³-hybridized carbons (Fsp3) is 0.842. The van der Waals surface area contributed by atoms with Gasteiger partial charge in [0.2, 0.25) is 0 Å². The van der Waals surface area contributed by atoms with E-state index in [0.29, 0.717) is 6.42 Å². The molecule has 0 aliphatic heterocycles. The van der Waals surface area contributed by atoms with Gasteiger partial charge in [-0.2, -0.15) is 0 Å². The van der Waals surface area contributed by atoms with Gasteiger partial charge < -0.3 is 20.1 Å². The molecule has 5 heteroatoms. The molecule has 0 radical (unpaired) electrons. The van der Waals surface area contributed by atoms with Crippen LogP contribution in [0.1, 0.15) is 77.0 Å². The third kappa shape index (κ3) is 16.0. The first kappa shape index (κ1) is 23.1. The monoisotopic (exact) mass is 344 g/mol. The topological polar surface area (TPSA) is 87.0 Å². The third-order valence-electron chi connectivity index (χ3n) is 4.01. The van der Waals surface area contributed by atoms with Crippen LogP contribution >= 0.6 is 0 Å². The molecule has 2 atom stereocenters. The number of hydrogen-bond acceptors (Lipinski definition) is 5. The van der Waals surface area contributed by atoms with E-state index in [0.717, 1.165) is 70.6 Å². The molecule has 0 amide bonds. The lowest BCUT2D eigenvalue weighted by Gasteiger charge is -2.10. The fourth-order valence-corrected chi connectivity index (χ4v) is 2.48. The molecule has 0 fully saturated rings. The van der Waals surface area contributed by atoms with Crippen molar-refractivity contribution in [3.8, 4) is 0 Å². The summed E-state index contributed by atoms with van der Waals surface area (Å²) in [5.41, 5.74) is 0. The van der Waals surface area contributed by atoms with E-state index < -0.39 is 12.7 Å². The molecule has 142 valence electrons. The molecule has 0 aromatic heterocycles. The van der Waals surface area contributed by atoms with Crippen LogP contribution in [0.5, 0.6) is 0 Å². The van der Waals surface area contributed by atoms with Crippen LogP contribution < -0.4 is 0 Å². The molecular formula is C19H36O5. The van der Waals surface area contributed by atoms with Gasteiger partial charge in [0.25, 0.3) is 0 Å². The number of aliphatic hydroxyl groups excluding tert-OH is 3. The maximum Gasteiger partial charge on any atom is 0.305 e. The van der Waals surface area contributed by atoms with E-state index in [9.17, 15) is 9.90 Å². The highest BCUT2D eigenvalue weighted by molar-refractivity contribution is 5.69. The number of carbonyl (C=O) groups excluding carboxylic acids is 1. The predicted octanol–water partition coefficient (Wildman–Crippen LogP) is 3.11. The van der Waals surface area contributed by atoms with Crippen LogP contribution in [-0.4, -0.2) is 46.7 Å². The number of esters is 1. The van der Waals surface area contributed by atoms with Crippen LogP contribution in [0.25, 0.3) is 0 Å². The summed E-state index contributed by atoms with van der Waals surface area (Å²) in [6.07, 6.45) is 12.3. The van der Waals surface area contributed by atoms with Crippen molar-refractivity contribution in [2.45, 2.75) is 89.3 Å². The van der Waals surface area contributed by atoms with Crippen LogP contribution in [0.15, 0.2) is 12.7 Å². The van der Waals surface area contributed by atoms with Crippen molar-refractivity contribution in [1.82, 2.24) is 0 Å². The zero-order chi connectivity index (χ0) is 18.0. The lowest BCUT2D eigenvalue weighted by molar-refractivity contribution is -0.147. The third-order valence-corrected chi connectivity index (χ3v) is 4.01. The molecule has 0 bridgehead atoms. The van der Waals surface area contributed by atoms with Crippen LogP contribution in [0.2, 0.25) is 0 Å². The Hall–Kier alpha value is -0.910. The van der Waals surface area contributed by atoms with E-state index in [-0.39, 0.29) is 18.7 Å². The highest BCUT2D eigenvalue weighted by Gasteiger charge is 2.07. The van der Waals surface area contributed by atoms with Crippen LogP contribution in [0.4, 0.5) is 0 Å². The van der Waals surface area contributed by atoms with Gasteiger partial charge in [0.05, 0.1) is 12.7 Å². The minimum absolute atomic E-state index is 0.134. The molecule has 0 aromatic rings. The van der Waals surface area contributed by atoms with Crippen molar-refractivity contribution in [3.05, 3.63) is 12.7 Å². The zero-order valence-electron chi connectivity index (χ0n) is 15.0. The molecule has 0 aliphatic rings. The summed E-state index contributed by atoms with van der Waals surface area (Å²) in [5, 5.41) is 27.5. The summed E-state index contributed by atoms with van der Waals surface area (Å²) < 4.78 is 4.83. The lowest BCUT2D eigenvalue weighted by Crippen LogP contribution is -2.21. The Labute approximate surface area is 146 Å². The predicted molar refractivity (Wildman–Crippen MR) is 95.7 cm³/mol. The Morgan fingerprint density at radius 1 is 0.917 bits per heavy atom. The molecule has 0 aliphatic carbocycles. The van der Waals surface area contributed by atoms with E-state index in [4.69, 9.17) is 14.9 Å². The van der Waals surface area contributed by atoms with E-state index in [1.165, 1.54) is 0 Å². The molecular weight excluding hydrogens is 308 g/mol. The molecule has 0 aromatic carbocycles. The minimum atomic E-state index is -0.980. The normalized spacial score (nSPS) is 13.5. The Morgan fingerprint density at radius 2 is 1.50 bits per heavy atom. The molecule has 0 spiro atoms. The van der Waals surface area contributed by atoms with Crippen molar-refractivity contribution >= 4 is 5.97 Å². The largest absolute Gasteiger partial charge is 0.463 e. The Balaban J connectivity index is 3.30. The number of unbranched alkanes of at least 4 members (excludes halogenated alkanes) is 7. The SMILES string of the molecule is C=CCCCCC(O)CCCCCCCCC(=O)OCC(O)CO. The molecule has 0 saturated heterocycles. The molecule has 5 nitrogen and oxygen atoms in total. The molecule has 0 heterocycles. The number of hydrogen-bond donors (Lipinski definition) is 3. The van der Waals surface area contributed by atoms with Crippen molar-refractivity contribution in [1.29, 1.82) is 0 Å². The number of allylic oxidation sites excluding steroid dienone is 1. The summed E-state index contributed by atoms with van der Waals surface area (Å²) >= 11 is 0. The van der Waals surface area contributed by atoms with Gasteiger partial charge in [-0.3, -0.25) is 4.79 Å². The first-order valence-corrected chi connectivity index (χ1v) is 9.33. The first-order chi connectivity index (χ1) is 11.6. The molecule has 24 heavy (non-hydrogen) atoms. The molecule has 0 rings (SSSR count). The molecule has 3 N–H and O–H groups in total. The Bertz CT molecular complexity index is 306.